The molecule has 104 valence electrons. The molecule has 0 bridgehead atoms. The summed E-state index contributed by atoms with van der Waals surface area (Å²) in [5.41, 5.74) is 1.30. The number of carbonyl (C=O) groups is 1. The predicted octanol–water partition coefficient (Wildman–Crippen LogP) is 2.63. The van der Waals surface area contributed by atoms with Gasteiger partial charge >= 0.3 is 0 Å². The molecule has 0 unspecified atom stereocenters. The minimum atomic E-state index is -0.872. The van der Waals surface area contributed by atoms with Crippen molar-refractivity contribution in [3.63, 3.8) is 0 Å². The summed E-state index contributed by atoms with van der Waals surface area (Å²) in [6.07, 6.45) is 3.37. The smallest absolute Gasteiger partial charge is 0.246 e. The number of amides is 1. The molecular formula is C16H23NO2. The first-order valence-corrected chi connectivity index (χ1v) is 6.58. The van der Waals surface area contributed by atoms with Crippen LogP contribution >= 0.6 is 0 Å². The molecule has 0 aliphatic carbocycles. The molecule has 0 aromatic heterocycles. The fourth-order valence-electron chi connectivity index (χ4n) is 1.86. The van der Waals surface area contributed by atoms with E-state index in [9.17, 15) is 9.90 Å². The Kier molecular flexibility index (Phi) is 5.31. The van der Waals surface area contributed by atoms with E-state index in [1.165, 1.54) is 5.56 Å². The molecular weight excluding hydrogens is 238 g/mol. The normalized spacial score (nSPS) is 11.8. The van der Waals surface area contributed by atoms with Gasteiger partial charge in [0.2, 0.25) is 5.91 Å². The van der Waals surface area contributed by atoms with Crippen LogP contribution in [0.5, 0.6) is 0 Å². The molecule has 1 aromatic rings. The van der Waals surface area contributed by atoms with Crippen molar-refractivity contribution in [3.8, 4) is 0 Å². The van der Waals surface area contributed by atoms with Crippen molar-refractivity contribution in [2.75, 3.05) is 13.1 Å². The van der Waals surface area contributed by atoms with Crippen molar-refractivity contribution in [2.24, 2.45) is 0 Å². The third-order valence-corrected chi connectivity index (χ3v) is 2.73. The van der Waals surface area contributed by atoms with Gasteiger partial charge in [0, 0.05) is 19.2 Å². The fraction of sp³-hybridized carbons (Fsp3) is 0.438. The van der Waals surface area contributed by atoms with Gasteiger partial charge in [0.15, 0.2) is 0 Å². The zero-order chi connectivity index (χ0) is 14.5. The Labute approximate surface area is 115 Å². The Morgan fingerprint density at radius 3 is 2.63 bits per heavy atom. The summed E-state index contributed by atoms with van der Waals surface area (Å²) in [6, 6.07) is 7.97. The topological polar surface area (TPSA) is 40.5 Å². The van der Waals surface area contributed by atoms with E-state index in [2.05, 4.69) is 0 Å². The molecule has 0 fully saturated rings. The SMILES string of the molecule is CCN(CC(C)(C)O)C(=O)C=Cc1cccc(C)c1. The highest BCUT2D eigenvalue weighted by molar-refractivity contribution is 5.91. The summed E-state index contributed by atoms with van der Waals surface area (Å²) in [6.45, 7) is 8.25. The Balaban J connectivity index is 2.72. The molecule has 0 atom stereocenters. The molecule has 1 N–H and O–H groups in total. The van der Waals surface area contributed by atoms with Crippen LogP contribution in [0.25, 0.3) is 6.08 Å². The van der Waals surface area contributed by atoms with E-state index in [0.717, 1.165) is 5.56 Å². The number of hydrogen-bond acceptors (Lipinski definition) is 2. The Morgan fingerprint density at radius 1 is 1.42 bits per heavy atom. The molecule has 3 heteroatoms. The number of benzene rings is 1. The zero-order valence-corrected chi connectivity index (χ0v) is 12.2. The average Bonchev–Trinajstić information content (AvgIpc) is 2.32. The lowest BCUT2D eigenvalue weighted by Gasteiger charge is -2.27. The second-order valence-electron chi connectivity index (χ2n) is 5.41. The first kappa shape index (κ1) is 15.4. The number of aliphatic hydroxyl groups is 1. The van der Waals surface area contributed by atoms with Crippen LogP contribution in [0, 0.1) is 6.92 Å². The molecule has 0 aliphatic heterocycles. The summed E-state index contributed by atoms with van der Waals surface area (Å²) in [5.74, 6) is -0.0777. The molecule has 1 rings (SSSR count). The van der Waals surface area contributed by atoms with Gasteiger partial charge in [-0.25, -0.2) is 0 Å². The summed E-state index contributed by atoms with van der Waals surface area (Å²) < 4.78 is 0. The van der Waals surface area contributed by atoms with Crippen LogP contribution in [-0.4, -0.2) is 34.6 Å². The molecule has 0 saturated heterocycles. The van der Waals surface area contributed by atoms with Gasteiger partial charge in [0.05, 0.1) is 5.60 Å². The van der Waals surface area contributed by atoms with E-state index in [-0.39, 0.29) is 5.91 Å². The van der Waals surface area contributed by atoms with Crippen LogP contribution in [0.4, 0.5) is 0 Å². The van der Waals surface area contributed by atoms with Gasteiger partial charge < -0.3 is 10.0 Å². The number of rotatable bonds is 5. The molecule has 19 heavy (non-hydrogen) atoms. The van der Waals surface area contributed by atoms with E-state index in [1.54, 1.807) is 24.8 Å². The maximum Gasteiger partial charge on any atom is 0.246 e. The summed E-state index contributed by atoms with van der Waals surface area (Å²) in [5, 5.41) is 9.77. The van der Waals surface area contributed by atoms with Crippen molar-refractivity contribution < 1.29 is 9.90 Å². The highest BCUT2D eigenvalue weighted by Gasteiger charge is 2.19. The molecule has 0 aliphatic rings. The number of aryl methyl sites for hydroxylation is 1. The maximum atomic E-state index is 12.0. The van der Waals surface area contributed by atoms with Gasteiger partial charge in [-0.15, -0.1) is 0 Å². The van der Waals surface area contributed by atoms with E-state index in [1.807, 2.05) is 44.2 Å². The number of likely N-dealkylation sites (N-methyl/N-ethyl adjacent to an activating group) is 1. The van der Waals surface area contributed by atoms with Crippen molar-refractivity contribution in [1.29, 1.82) is 0 Å². The first-order valence-electron chi connectivity index (χ1n) is 6.58. The minimum absolute atomic E-state index is 0.0777. The first-order chi connectivity index (χ1) is 8.81. The average molecular weight is 261 g/mol. The van der Waals surface area contributed by atoms with Crippen molar-refractivity contribution in [1.82, 2.24) is 4.90 Å². The summed E-state index contributed by atoms with van der Waals surface area (Å²) in [4.78, 5) is 13.7. The summed E-state index contributed by atoms with van der Waals surface area (Å²) >= 11 is 0. The minimum Gasteiger partial charge on any atom is -0.389 e. The lowest BCUT2D eigenvalue weighted by atomic mass is 10.1. The van der Waals surface area contributed by atoms with Crippen LogP contribution in [0.1, 0.15) is 31.9 Å². The highest BCUT2D eigenvalue weighted by atomic mass is 16.3. The van der Waals surface area contributed by atoms with E-state index >= 15 is 0 Å². The van der Waals surface area contributed by atoms with Gasteiger partial charge in [-0.3, -0.25) is 4.79 Å². The van der Waals surface area contributed by atoms with Crippen molar-refractivity contribution >= 4 is 12.0 Å². The van der Waals surface area contributed by atoms with Gasteiger partial charge in [-0.05, 0) is 39.3 Å². The zero-order valence-electron chi connectivity index (χ0n) is 12.2. The Bertz CT molecular complexity index is 458. The van der Waals surface area contributed by atoms with Crippen molar-refractivity contribution in [3.05, 3.63) is 41.5 Å². The van der Waals surface area contributed by atoms with Gasteiger partial charge in [-0.2, -0.15) is 0 Å². The van der Waals surface area contributed by atoms with Crippen LogP contribution in [0.2, 0.25) is 0 Å². The number of nitrogens with zero attached hydrogens (tertiary/aromatic N) is 1. The third-order valence-electron chi connectivity index (χ3n) is 2.73. The Morgan fingerprint density at radius 2 is 2.11 bits per heavy atom. The van der Waals surface area contributed by atoms with Crippen LogP contribution in [-0.2, 0) is 4.79 Å². The molecule has 0 spiro atoms. The molecule has 1 amide bonds. The van der Waals surface area contributed by atoms with E-state index in [4.69, 9.17) is 0 Å². The van der Waals surface area contributed by atoms with E-state index in [0.29, 0.717) is 13.1 Å². The van der Waals surface area contributed by atoms with Crippen LogP contribution in [0.3, 0.4) is 0 Å². The Hall–Kier alpha value is -1.61. The highest BCUT2D eigenvalue weighted by Crippen LogP contribution is 2.08. The molecule has 0 radical (unpaired) electrons. The second-order valence-corrected chi connectivity index (χ2v) is 5.41. The molecule has 3 nitrogen and oxygen atoms in total. The van der Waals surface area contributed by atoms with Crippen LogP contribution < -0.4 is 0 Å². The van der Waals surface area contributed by atoms with Gasteiger partial charge in [0.1, 0.15) is 0 Å². The fourth-order valence-corrected chi connectivity index (χ4v) is 1.86. The standard InChI is InChI=1S/C16H23NO2/c1-5-17(12-16(3,4)19)15(18)10-9-14-8-6-7-13(2)11-14/h6-11,19H,5,12H2,1-4H3. The lowest BCUT2D eigenvalue weighted by Crippen LogP contribution is -2.41. The van der Waals surface area contributed by atoms with Crippen LogP contribution in [0.15, 0.2) is 30.3 Å². The lowest BCUT2D eigenvalue weighted by molar-refractivity contribution is -0.128. The largest absolute Gasteiger partial charge is 0.389 e. The molecule has 0 heterocycles. The quantitative estimate of drug-likeness (QED) is 0.828. The molecule has 1 aromatic carbocycles. The molecule has 0 saturated carbocycles. The number of carbonyl (C=O) groups excluding carboxylic acids is 1. The van der Waals surface area contributed by atoms with E-state index < -0.39 is 5.60 Å². The maximum absolute atomic E-state index is 12.0. The monoisotopic (exact) mass is 261 g/mol. The predicted molar refractivity (Wildman–Crippen MR) is 78.8 cm³/mol. The van der Waals surface area contributed by atoms with Gasteiger partial charge in [-0.1, -0.05) is 29.8 Å². The van der Waals surface area contributed by atoms with Crippen molar-refractivity contribution in [2.45, 2.75) is 33.3 Å². The third kappa shape index (κ3) is 5.71. The summed E-state index contributed by atoms with van der Waals surface area (Å²) in [7, 11) is 0. The second kappa shape index (κ2) is 6.53. The number of hydrogen-bond donors (Lipinski definition) is 1. The van der Waals surface area contributed by atoms with Gasteiger partial charge in [0.25, 0.3) is 0 Å².